The molecule has 208 valence electrons. The maximum absolute atomic E-state index is 13.7. The number of alkyl halides is 6. The van der Waals surface area contributed by atoms with Crippen LogP contribution in [0.1, 0.15) is 40.2 Å². The minimum atomic E-state index is -6.02. The molecule has 1 heterocycles. The zero-order chi connectivity index (χ0) is 29.3. The highest BCUT2D eigenvalue weighted by Gasteiger charge is 2.71. The molecule has 1 N–H and O–H groups in total. The first-order valence-corrected chi connectivity index (χ1v) is 12.3. The Morgan fingerprint density at radius 1 is 1.00 bits per heavy atom. The zero-order valence-electron chi connectivity index (χ0n) is 21.1. The molecule has 10 heteroatoms. The second kappa shape index (κ2) is 10.8. The minimum Gasteiger partial charge on any atom is -0.369 e. The Bertz CT molecular complexity index is 1440. The molecular formula is C30H24F6N2O2. The van der Waals surface area contributed by atoms with Gasteiger partial charge in [-0.05, 0) is 52.4 Å². The van der Waals surface area contributed by atoms with Crippen LogP contribution in [0.15, 0.2) is 73.3 Å². The van der Waals surface area contributed by atoms with Crippen LogP contribution in [-0.2, 0) is 16.8 Å². The largest absolute Gasteiger partial charge is 0.430 e. The highest BCUT2D eigenvalue weighted by atomic mass is 19.4. The topological polar surface area (TPSA) is 64.3 Å². The number of nitrogens with zero attached hydrogens (tertiary/aromatic N) is 2. The van der Waals surface area contributed by atoms with E-state index in [9.17, 15) is 36.2 Å². The van der Waals surface area contributed by atoms with Gasteiger partial charge in [0.1, 0.15) is 0 Å². The lowest BCUT2D eigenvalue weighted by Gasteiger charge is -2.33. The first kappa shape index (κ1) is 28.9. The predicted octanol–water partition coefficient (Wildman–Crippen LogP) is 6.74. The van der Waals surface area contributed by atoms with Gasteiger partial charge in [-0.25, -0.2) is 0 Å². The maximum Gasteiger partial charge on any atom is 0.430 e. The first-order valence-electron chi connectivity index (χ1n) is 12.3. The number of benzene rings is 3. The molecule has 3 aromatic carbocycles. The Labute approximate surface area is 226 Å². The first-order chi connectivity index (χ1) is 18.8. The van der Waals surface area contributed by atoms with E-state index in [2.05, 4.69) is 6.58 Å². The van der Waals surface area contributed by atoms with Crippen molar-refractivity contribution in [3.8, 4) is 17.2 Å². The molecule has 3 aromatic rings. The van der Waals surface area contributed by atoms with Gasteiger partial charge in [-0.2, -0.15) is 31.6 Å². The molecule has 40 heavy (non-hydrogen) atoms. The van der Waals surface area contributed by atoms with Crippen LogP contribution in [0.25, 0.3) is 17.2 Å². The van der Waals surface area contributed by atoms with E-state index in [0.717, 1.165) is 6.07 Å². The van der Waals surface area contributed by atoms with Gasteiger partial charge in [0, 0.05) is 24.6 Å². The number of rotatable bonds is 6. The number of amides is 1. The molecule has 4 rings (SSSR count). The van der Waals surface area contributed by atoms with Crippen molar-refractivity contribution in [2.75, 3.05) is 13.1 Å². The van der Waals surface area contributed by atoms with Crippen LogP contribution in [0.2, 0.25) is 0 Å². The van der Waals surface area contributed by atoms with Crippen LogP contribution in [-0.4, -0.2) is 41.4 Å². The summed E-state index contributed by atoms with van der Waals surface area (Å²) in [5.74, 6) is -0.572. The normalized spacial score (nSPS) is 16.1. The standard InChI is InChI=1S/C30H24F6N2O2/c1-2-21-5-3-4-6-24(21)26-16-23(28(40,29(31,32)33)30(34,35)36)11-12-25(26)22-13-14-38(18-22)27(39)15-19-7-9-20(17-37)10-8-19/h2-12,16,22,40H,1,13-15,18H2/t22-/m0/s1. The van der Waals surface area contributed by atoms with Gasteiger partial charge in [0.05, 0.1) is 18.1 Å². The van der Waals surface area contributed by atoms with E-state index in [4.69, 9.17) is 5.26 Å². The molecule has 1 saturated heterocycles. The van der Waals surface area contributed by atoms with Crippen molar-refractivity contribution in [2.24, 2.45) is 0 Å². The maximum atomic E-state index is 13.7. The van der Waals surface area contributed by atoms with Crippen LogP contribution in [0, 0.1) is 11.3 Å². The number of halogens is 6. The third-order valence-corrected chi connectivity index (χ3v) is 7.18. The van der Waals surface area contributed by atoms with Crippen LogP contribution in [0.5, 0.6) is 0 Å². The summed E-state index contributed by atoms with van der Waals surface area (Å²) in [6.45, 7) is 4.26. The average molecular weight is 559 g/mol. The molecule has 0 bridgehead atoms. The monoisotopic (exact) mass is 558 g/mol. The number of nitriles is 1. The summed E-state index contributed by atoms with van der Waals surface area (Å²) in [5, 5.41) is 19.0. The quantitative estimate of drug-likeness (QED) is 0.341. The Morgan fingerprint density at radius 3 is 2.25 bits per heavy atom. The smallest absolute Gasteiger partial charge is 0.369 e. The zero-order valence-corrected chi connectivity index (χ0v) is 21.1. The Morgan fingerprint density at radius 2 is 1.65 bits per heavy atom. The summed E-state index contributed by atoms with van der Waals surface area (Å²) in [4.78, 5) is 14.6. The van der Waals surface area contributed by atoms with Crippen molar-refractivity contribution in [3.63, 3.8) is 0 Å². The van der Waals surface area contributed by atoms with E-state index in [0.29, 0.717) is 46.8 Å². The summed E-state index contributed by atoms with van der Waals surface area (Å²) in [6, 6.07) is 17.6. The Hall–Kier alpha value is -4.10. The van der Waals surface area contributed by atoms with Crippen molar-refractivity contribution in [2.45, 2.75) is 36.7 Å². The number of aliphatic hydroxyl groups is 1. The minimum absolute atomic E-state index is 0.0771. The van der Waals surface area contributed by atoms with Crippen molar-refractivity contribution in [3.05, 3.63) is 101 Å². The molecule has 0 radical (unpaired) electrons. The highest BCUT2D eigenvalue weighted by molar-refractivity contribution is 5.80. The third kappa shape index (κ3) is 5.34. The highest BCUT2D eigenvalue weighted by Crippen LogP contribution is 2.51. The molecule has 1 atom stereocenters. The van der Waals surface area contributed by atoms with Gasteiger partial charge in [0.25, 0.3) is 5.60 Å². The number of likely N-dealkylation sites (tertiary alicyclic amines) is 1. The van der Waals surface area contributed by atoms with Crippen LogP contribution >= 0.6 is 0 Å². The molecule has 0 unspecified atom stereocenters. The predicted molar refractivity (Wildman–Crippen MR) is 137 cm³/mol. The molecule has 1 aliphatic heterocycles. The molecule has 1 aliphatic rings. The molecule has 1 fully saturated rings. The molecule has 1 amide bonds. The van der Waals surface area contributed by atoms with Crippen LogP contribution in [0.4, 0.5) is 26.3 Å². The second-order valence-electron chi connectivity index (χ2n) is 9.61. The van der Waals surface area contributed by atoms with E-state index in [1.165, 1.54) is 12.1 Å². The van der Waals surface area contributed by atoms with Crippen molar-refractivity contribution < 1.29 is 36.2 Å². The third-order valence-electron chi connectivity index (χ3n) is 7.18. The summed E-state index contributed by atoms with van der Waals surface area (Å²) in [5.41, 5.74) is -3.89. The number of hydrogen-bond acceptors (Lipinski definition) is 3. The van der Waals surface area contributed by atoms with Gasteiger partial charge >= 0.3 is 12.4 Å². The van der Waals surface area contributed by atoms with E-state index in [1.807, 2.05) is 6.07 Å². The molecule has 4 nitrogen and oxygen atoms in total. The lowest BCUT2D eigenvalue weighted by molar-refractivity contribution is -0.376. The Kier molecular flexibility index (Phi) is 7.81. The molecule has 0 saturated carbocycles. The van der Waals surface area contributed by atoms with Gasteiger partial charge < -0.3 is 10.0 Å². The van der Waals surface area contributed by atoms with E-state index in [1.54, 1.807) is 53.4 Å². The molecule has 0 aliphatic carbocycles. The van der Waals surface area contributed by atoms with Gasteiger partial charge in [-0.15, -0.1) is 0 Å². The summed E-state index contributed by atoms with van der Waals surface area (Å²) >= 11 is 0. The van der Waals surface area contributed by atoms with E-state index < -0.39 is 23.5 Å². The van der Waals surface area contributed by atoms with Crippen molar-refractivity contribution in [1.82, 2.24) is 4.90 Å². The van der Waals surface area contributed by atoms with E-state index >= 15 is 0 Å². The van der Waals surface area contributed by atoms with Gasteiger partial charge in [-0.3, -0.25) is 4.79 Å². The fourth-order valence-corrected chi connectivity index (χ4v) is 5.00. The van der Waals surface area contributed by atoms with Gasteiger partial charge in [0.2, 0.25) is 5.91 Å². The van der Waals surface area contributed by atoms with Crippen LogP contribution < -0.4 is 0 Å². The fourth-order valence-electron chi connectivity index (χ4n) is 5.00. The van der Waals surface area contributed by atoms with Crippen LogP contribution in [0.3, 0.4) is 0 Å². The molecule has 0 spiro atoms. The van der Waals surface area contributed by atoms with Gasteiger partial charge in [0.15, 0.2) is 0 Å². The van der Waals surface area contributed by atoms with Crippen molar-refractivity contribution in [1.29, 1.82) is 5.26 Å². The second-order valence-corrected chi connectivity index (χ2v) is 9.61. The van der Waals surface area contributed by atoms with Crippen molar-refractivity contribution >= 4 is 12.0 Å². The lowest BCUT2D eigenvalue weighted by atomic mass is 9.83. The number of carbonyl (C=O) groups excluding carboxylic acids is 1. The SMILES string of the molecule is C=Cc1ccccc1-c1cc(C(O)(C(F)(F)F)C(F)(F)F)ccc1[C@H]1CCN(C(=O)Cc2ccc(C#N)cc2)C1. The summed E-state index contributed by atoms with van der Waals surface area (Å²) in [6.07, 6.45) is -10.1. The molecular weight excluding hydrogens is 534 g/mol. The fraction of sp³-hybridized carbons (Fsp3) is 0.267. The Balaban J connectivity index is 1.72. The average Bonchev–Trinajstić information content (AvgIpc) is 3.42. The number of carbonyl (C=O) groups is 1. The molecule has 0 aromatic heterocycles. The summed E-state index contributed by atoms with van der Waals surface area (Å²) in [7, 11) is 0. The summed E-state index contributed by atoms with van der Waals surface area (Å²) < 4.78 is 82.1. The van der Waals surface area contributed by atoms with Gasteiger partial charge in [-0.1, -0.05) is 61.2 Å². The lowest BCUT2D eigenvalue weighted by Crippen LogP contribution is -2.53. The van der Waals surface area contributed by atoms with E-state index in [-0.39, 0.29) is 30.4 Å². The number of hydrogen-bond donors (Lipinski definition) is 1.